The lowest BCUT2D eigenvalue weighted by Gasteiger charge is -2.16. The zero-order chi connectivity index (χ0) is 17.3. The molecule has 0 aromatic carbocycles. The van der Waals surface area contributed by atoms with E-state index in [2.05, 4.69) is 6.07 Å². The molecule has 0 unspecified atom stereocenters. The summed E-state index contributed by atoms with van der Waals surface area (Å²) in [7, 11) is -6.09. The maximum Gasteiger partial charge on any atom is 0.485 e. The Bertz CT molecular complexity index is 652. The van der Waals surface area contributed by atoms with Gasteiger partial charge in [0.2, 0.25) is 11.4 Å². The van der Waals surface area contributed by atoms with Crippen LogP contribution in [0.1, 0.15) is 48.2 Å². The molecule has 0 saturated carbocycles. The highest BCUT2D eigenvalue weighted by Gasteiger charge is 2.37. The van der Waals surface area contributed by atoms with Crippen molar-refractivity contribution in [2.45, 2.75) is 56.9 Å². The van der Waals surface area contributed by atoms with Crippen molar-refractivity contribution in [2.24, 2.45) is 0 Å². The van der Waals surface area contributed by atoms with Gasteiger partial charge in [0.15, 0.2) is 10.1 Å². The zero-order valence-electron chi connectivity index (χ0n) is 12.3. The van der Waals surface area contributed by atoms with Crippen molar-refractivity contribution in [3.63, 3.8) is 0 Å². The van der Waals surface area contributed by atoms with E-state index in [9.17, 15) is 17.7 Å². The van der Waals surface area contributed by atoms with Crippen molar-refractivity contribution < 1.29 is 35.4 Å². The van der Waals surface area contributed by atoms with Crippen molar-refractivity contribution in [1.29, 1.82) is 0 Å². The molecule has 0 fully saturated rings. The van der Waals surface area contributed by atoms with E-state index in [1.165, 1.54) is 24.0 Å². The first kappa shape index (κ1) is 18.1. The van der Waals surface area contributed by atoms with Crippen LogP contribution in [0, 0.1) is 0 Å². The van der Waals surface area contributed by atoms with Crippen LogP contribution in [-0.2, 0) is 35.8 Å². The molecule has 4 nitrogen and oxygen atoms in total. The van der Waals surface area contributed by atoms with Gasteiger partial charge < -0.3 is 4.55 Å². The van der Waals surface area contributed by atoms with E-state index in [1.807, 2.05) is 0 Å². The molecule has 0 radical (unpaired) electrons. The van der Waals surface area contributed by atoms with E-state index in [1.54, 1.807) is 0 Å². The summed E-state index contributed by atoms with van der Waals surface area (Å²) < 4.78 is 73.1. The smallest absolute Gasteiger partial charge is 0.485 e. The average molecular weight is 355 g/mol. The van der Waals surface area contributed by atoms with E-state index >= 15 is 0 Å². The van der Waals surface area contributed by atoms with Crippen molar-refractivity contribution in [3.05, 3.63) is 28.6 Å². The molecule has 0 spiro atoms. The van der Waals surface area contributed by atoms with Crippen LogP contribution in [0.3, 0.4) is 0 Å². The Labute approximate surface area is 131 Å². The number of nitrogens with zero attached hydrogens (tertiary/aromatic N) is 1. The third-order valence-corrected chi connectivity index (χ3v) is 4.63. The van der Waals surface area contributed by atoms with Gasteiger partial charge in [-0.25, -0.2) is 8.42 Å². The second-order valence-corrected chi connectivity index (χ2v) is 7.05. The first-order chi connectivity index (χ1) is 10.6. The highest BCUT2D eigenvalue weighted by Crippen LogP contribution is 2.25. The van der Waals surface area contributed by atoms with Crippen LogP contribution in [0.2, 0.25) is 0 Å². The molecular formula is C14H17F4NO3S. The fourth-order valence-corrected chi connectivity index (χ4v) is 2.96. The third kappa shape index (κ3) is 4.20. The molecule has 2 aliphatic rings. The molecule has 2 aliphatic carbocycles. The summed E-state index contributed by atoms with van der Waals surface area (Å²) in [4.78, 5) is 1.02. The molecule has 0 aliphatic heterocycles. The highest BCUT2D eigenvalue weighted by atomic mass is 32.2. The highest BCUT2D eigenvalue weighted by molar-refractivity contribution is 7.86. The molecular weight excluding hydrogens is 338 g/mol. The van der Waals surface area contributed by atoms with E-state index in [0.29, 0.717) is 0 Å². The molecule has 0 saturated heterocycles. The number of pyridine rings is 1. The number of alkyl halides is 3. The van der Waals surface area contributed by atoms with Crippen molar-refractivity contribution in [3.8, 4) is 0 Å². The van der Waals surface area contributed by atoms with Gasteiger partial charge in [-0.05, 0) is 44.6 Å². The monoisotopic (exact) mass is 355 g/mol. The Kier molecular flexibility index (Phi) is 5.30. The second kappa shape index (κ2) is 6.72. The molecule has 9 heteroatoms. The summed E-state index contributed by atoms with van der Waals surface area (Å²) in [6.07, 6.45) is 8.76. The number of aryl methyl sites for hydroxylation is 2. The normalized spacial score (nSPS) is 17.6. The molecule has 0 atom stereocenters. The van der Waals surface area contributed by atoms with Gasteiger partial charge in [-0.1, -0.05) is 0 Å². The SMILES string of the molecule is F[n+]1c2c(cc3c1CCCC3)CCCC2.O=S(=O)([O-])C(F)(F)F. The predicted molar refractivity (Wildman–Crippen MR) is 72.2 cm³/mol. The van der Waals surface area contributed by atoms with Crippen molar-refractivity contribution in [1.82, 2.24) is 0 Å². The molecule has 130 valence electrons. The number of halogens is 4. The topological polar surface area (TPSA) is 61.1 Å². The predicted octanol–water partition coefficient (Wildman–Crippen LogP) is 2.52. The van der Waals surface area contributed by atoms with E-state index < -0.39 is 15.6 Å². The molecule has 1 heterocycles. The lowest BCUT2D eigenvalue weighted by molar-refractivity contribution is -0.855. The quantitative estimate of drug-likeness (QED) is 0.408. The molecule has 23 heavy (non-hydrogen) atoms. The Morgan fingerprint density at radius 2 is 1.26 bits per heavy atom. The van der Waals surface area contributed by atoms with Crippen LogP contribution < -0.4 is 4.79 Å². The van der Waals surface area contributed by atoms with E-state index in [0.717, 1.165) is 54.7 Å². The fraction of sp³-hybridized carbons (Fsp3) is 0.643. The second-order valence-electron chi connectivity index (χ2n) is 5.68. The maximum absolute atomic E-state index is 14.2. The van der Waals surface area contributed by atoms with E-state index in [4.69, 9.17) is 13.0 Å². The van der Waals surface area contributed by atoms with Crippen LogP contribution in [0.5, 0.6) is 0 Å². The summed E-state index contributed by atoms with van der Waals surface area (Å²) >= 11 is 0. The lowest BCUT2D eigenvalue weighted by Crippen LogP contribution is -2.39. The van der Waals surface area contributed by atoms with Crippen molar-refractivity contribution >= 4 is 10.1 Å². The van der Waals surface area contributed by atoms with Gasteiger partial charge in [0.05, 0.1) is 4.48 Å². The molecule has 0 amide bonds. The number of fused-ring (bicyclic) bond motifs is 2. The first-order valence-corrected chi connectivity index (χ1v) is 8.79. The molecule has 0 bridgehead atoms. The van der Waals surface area contributed by atoms with Gasteiger partial charge in [0.25, 0.3) is 0 Å². The Morgan fingerprint density at radius 1 is 0.913 bits per heavy atom. The number of rotatable bonds is 0. The Morgan fingerprint density at radius 3 is 1.61 bits per heavy atom. The minimum absolute atomic E-state index is 0.930. The number of hydrogen-bond acceptors (Lipinski definition) is 3. The molecule has 1 aromatic heterocycles. The van der Waals surface area contributed by atoms with Crippen molar-refractivity contribution in [2.75, 3.05) is 0 Å². The van der Waals surface area contributed by atoms with Gasteiger partial charge >= 0.3 is 5.51 Å². The van der Waals surface area contributed by atoms with Gasteiger partial charge in [-0.3, -0.25) is 0 Å². The lowest BCUT2D eigenvalue weighted by atomic mass is 9.89. The Hall–Kier alpha value is -1.22. The summed E-state index contributed by atoms with van der Waals surface area (Å²) in [5.41, 5.74) is -1.19. The average Bonchev–Trinajstić information content (AvgIpc) is 2.46. The fourth-order valence-electron chi connectivity index (χ4n) is 2.96. The van der Waals surface area contributed by atoms with Crippen LogP contribution in [0.4, 0.5) is 17.7 Å². The van der Waals surface area contributed by atoms with Gasteiger partial charge in [0, 0.05) is 28.8 Å². The van der Waals surface area contributed by atoms with Gasteiger partial charge in [-0.2, -0.15) is 13.2 Å². The van der Waals surface area contributed by atoms with Crippen LogP contribution in [0.15, 0.2) is 6.07 Å². The standard InChI is InChI=1S/C13H17FN.CHF3O3S/c14-15-12-7-3-1-5-10(12)9-11-6-2-4-8-13(11)15;2-1(3,4)8(5,6)7/h9H,1-8H2;(H,5,6,7)/q+1;/p-1. The minimum Gasteiger partial charge on any atom is -0.741 e. The van der Waals surface area contributed by atoms with Crippen LogP contribution in [0.25, 0.3) is 0 Å². The van der Waals surface area contributed by atoms with E-state index in [-0.39, 0.29) is 0 Å². The summed E-state index contributed by atoms with van der Waals surface area (Å²) in [6.45, 7) is 0. The first-order valence-electron chi connectivity index (χ1n) is 7.38. The van der Waals surface area contributed by atoms with Gasteiger partial charge in [0.1, 0.15) is 0 Å². The summed E-state index contributed by atoms with van der Waals surface area (Å²) in [6, 6.07) is 2.28. The largest absolute Gasteiger partial charge is 0.741 e. The third-order valence-electron chi connectivity index (χ3n) is 4.07. The molecule has 0 N–H and O–H groups in total. The number of aromatic nitrogens is 1. The van der Waals surface area contributed by atoms with Crippen LogP contribution in [-0.4, -0.2) is 18.5 Å². The molecule has 1 aromatic rings. The maximum atomic E-state index is 14.2. The summed E-state index contributed by atoms with van der Waals surface area (Å²) in [5.74, 6) is 0. The zero-order valence-corrected chi connectivity index (χ0v) is 13.1. The number of hydrogen-bond donors (Lipinski definition) is 0. The van der Waals surface area contributed by atoms with Gasteiger partial charge in [-0.15, -0.1) is 0 Å². The van der Waals surface area contributed by atoms with Crippen LogP contribution >= 0.6 is 0 Å². The Balaban J connectivity index is 0.000000207. The molecule has 3 rings (SSSR count). The minimum atomic E-state index is -6.09. The summed E-state index contributed by atoms with van der Waals surface area (Å²) in [5, 5.41) is 0.